The van der Waals surface area contributed by atoms with Crippen molar-refractivity contribution in [2.75, 3.05) is 0 Å². The fourth-order valence-electron chi connectivity index (χ4n) is 1.39. The van der Waals surface area contributed by atoms with Gasteiger partial charge in [0.25, 0.3) is 5.69 Å². The fraction of sp³-hybridized carbons (Fsp3) is 0.273. The van der Waals surface area contributed by atoms with Gasteiger partial charge in [-0.1, -0.05) is 24.3 Å². The number of hydrogen-bond donors (Lipinski definition) is 1. The van der Waals surface area contributed by atoms with E-state index in [1.807, 2.05) is 0 Å². The van der Waals surface area contributed by atoms with Gasteiger partial charge in [-0.3, -0.25) is 10.1 Å². The van der Waals surface area contributed by atoms with E-state index < -0.39 is 26.7 Å². The normalized spacial score (nSPS) is 12.9. The van der Waals surface area contributed by atoms with E-state index >= 15 is 0 Å². The molecule has 0 unspecified atom stereocenters. The molecule has 0 aliphatic heterocycles. The van der Waals surface area contributed by atoms with Crippen LogP contribution in [0.25, 0.3) is 0 Å². The summed E-state index contributed by atoms with van der Waals surface area (Å²) in [5.74, 6) is -0.428. The Balaban J connectivity index is 2.97. The lowest BCUT2D eigenvalue weighted by atomic mass is 10.2. The Hall–Kier alpha value is -1.73. The Morgan fingerprint density at radius 3 is 2.67 bits per heavy atom. The van der Waals surface area contributed by atoms with Gasteiger partial charge in [0.2, 0.25) is 10.0 Å². The number of hydrogen-bond acceptors (Lipinski definition) is 4. The summed E-state index contributed by atoms with van der Waals surface area (Å²) in [6.45, 7) is 5.09. The van der Waals surface area contributed by atoms with E-state index in [-0.39, 0.29) is 11.3 Å². The molecule has 1 aromatic carbocycles. The number of nitrogens with zero attached hydrogens (tertiary/aromatic N) is 1. The van der Waals surface area contributed by atoms with E-state index in [2.05, 4.69) is 11.3 Å². The monoisotopic (exact) mass is 270 g/mol. The topological polar surface area (TPSA) is 89.3 Å². The summed E-state index contributed by atoms with van der Waals surface area (Å²) < 4.78 is 25.9. The molecule has 0 bridgehead atoms. The first-order valence-electron chi connectivity index (χ1n) is 5.20. The molecule has 7 heteroatoms. The second kappa shape index (κ2) is 5.74. The molecule has 0 saturated carbocycles. The van der Waals surface area contributed by atoms with Crippen LogP contribution in [0.3, 0.4) is 0 Å². The Labute approximate surface area is 106 Å². The first-order valence-corrected chi connectivity index (χ1v) is 6.86. The number of benzene rings is 1. The largest absolute Gasteiger partial charge is 0.273 e. The highest BCUT2D eigenvalue weighted by molar-refractivity contribution is 7.88. The van der Waals surface area contributed by atoms with Crippen LogP contribution in [0.1, 0.15) is 12.5 Å². The SMILES string of the molecule is C=C[C@H](C)NS(=O)(=O)Cc1ccccc1[N+](=O)[O-]. The fourth-order valence-corrected chi connectivity index (χ4v) is 2.79. The van der Waals surface area contributed by atoms with Crippen LogP contribution in [0, 0.1) is 10.1 Å². The van der Waals surface area contributed by atoms with Crippen molar-refractivity contribution in [2.45, 2.75) is 18.7 Å². The predicted octanol–water partition coefficient (Wildman–Crippen LogP) is 1.59. The van der Waals surface area contributed by atoms with E-state index in [1.165, 1.54) is 24.3 Å². The summed E-state index contributed by atoms with van der Waals surface area (Å²) in [4.78, 5) is 10.2. The zero-order chi connectivity index (χ0) is 13.8. The van der Waals surface area contributed by atoms with Crippen LogP contribution in [0.2, 0.25) is 0 Å². The van der Waals surface area contributed by atoms with Gasteiger partial charge >= 0.3 is 0 Å². The molecule has 1 aromatic rings. The molecule has 0 amide bonds. The van der Waals surface area contributed by atoms with E-state index in [1.54, 1.807) is 13.0 Å². The van der Waals surface area contributed by atoms with Crippen molar-refractivity contribution in [1.82, 2.24) is 4.72 Å². The van der Waals surface area contributed by atoms with Crippen molar-refractivity contribution >= 4 is 15.7 Å². The van der Waals surface area contributed by atoms with Gasteiger partial charge in [-0.2, -0.15) is 0 Å². The Bertz CT molecular complexity index is 554. The molecule has 0 aliphatic rings. The third kappa shape index (κ3) is 3.94. The third-order valence-corrected chi connectivity index (χ3v) is 3.67. The quantitative estimate of drug-likeness (QED) is 0.483. The first-order chi connectivity index (χ1) is 8.35. The van der Waals surface area contributed by atoms with Gasteiger partial charge in [0, 0.05) is 17.7 Å². The maximum atomic E-state index is 11.8. The van der Waals surface area contributed by atoms with E-state index in [0.29, 0.717) is 0 Å². The van der Waals surface area contributed by atoms with Crippen molar-refractivity contribution in [3.63, 3.8) is 0 Å². The molecule has 1 atom stereocenters. The maximum Gasteiger partial charge on any atom is 0.273 e. The van der Waals surface area contributed by atoms with Gasteiger partial charge in [-0.15, -0.1) is 6.58 Å². The highest BCUT2D eigenvalue weighted by Crippen LogP contribution is 2.19. The number of nitro benzene ring substituents is 1. The Morgan fingerprint density at radius 1 is 1.50 bits per heavy atom. The molecule has 0 fully saturated rings. The smallest absolute Gasteiger partial charge is 0.258 e. The number of para-hydroxylation sites is 1. The molecule has 98 valence electrons. The molecule has 1 rings (SSSR count). The van der Waals surface area contributed by atoms with Crippen LogP contribution >= 0.6 is 0 Å². The lowest BCUT2D eigenvalue weighted by Crippen LogP contribution is -2.32. The lowest BCUT2D eigenvalue weighted by molar-refractivity contribution is -0.385. The minimum Gasteiger partial charge on any atom is -0.258 e. The first kappa shape index (κ1) is 14.3. The number of sulfonamides is 1. The summed E-state index contributed by atoms with van der Waals surface area (Å²) in [5.41, 5.74) is -0.0413. The average molecular weight is 270 g/mol. The van der Waals surface area contributed by atoms with Gasteiger partial charge in [0.15, 0.2) is 0 Å². The van der Waals surface area contributed by atoms with Crippen LogP contribution in [-0.4, -0.2) is 19.4 Å². The van der Waals surface area contributed by atoms with Crippen LogP contribution in [0.15, 0.2) is 36.9 Å². The van der Waals surface area contributed by atoms with Gasteiger partial charge in [-0.05, 0) is 6.92 Å². The second-order valence-electron chi connectivity index (χ2n) is 3.79. The predicted molar refractivity (Wildman–Crippen MR) is 68.5 cm³/mol. The van der Waals surface area contributed by atoms with Crippen molar-refractivity contribution < 1.29 is 13.3 Å². The zero-order valence-corrected chi connectivity index (χ0v) is 10.7. The van der Waals surface area contributed by atoms with Crippen LogP contribution in [-0.2, 0) is 15.8 Å². The molecule has 0 heterocycles. The molecule has 0 saturated heterocycles. The molecular formula is C11H14N2O4S. The van der Waals surface area contributed by atoms with Crippen LogP contribution < -0.4 is 4.72 Å². The molecular weight excluding hydrogens is 256 g/mol. The minimum atomic E-state index is -3.63. The molecule has 0 radical (unpaired) electrons. The van der Waals surface area contributed by atoms with E-state index in [4.69, 9.17) is 0 Å². The van der Waals surface area contributed by atoms with Gasteiger partial charge in [-0.25, -0.2) is 13.1 Å². The number of nitro groups is 1. The van der Waals surface area contributed by atoms with E-state index in [9.17, 15) is 18.5 Å². The zero-order valence-electron chi connectivity index (χ0n) is 9.87. The molecule has 6 nitrogen and oxygen atoms in total. The summed E-state index contributed by atoms with van der Waals surface area (Å²) in [7, 11) is -3.63. The van der Waals surface area contributed by atoms with Crippen molar-refractivity contribution in [2.24, 2.45) is 0 Å². The summed E-state index contributed by atoms with van der Waals surface area (Å²) in [6, 6.07) is 5.35. The maximum absolute atomic E-state index is 11.8. The minimum absolute atomic E-state index is 0.159. The van der Waals surface area contributed by atoms with Crippen molar-refractivity contribution in [3.8, 4) is 0 Å². The van der Waals surface area contributed by atoms with E-state index in [0.717, 1.165) is 0 Å². The molecule has 0 spiro atoms. The summed E-state index contributed by atoms with van der Waals surface area (Å²) >= 11 is 0. The van der Waals surface area contributed by atoms with Crippen LogP contribution in [0.5, 0.6) is 0 Å². The molecule has 18 heavy (non-hydrogen) atoms. The number of nitrogens with one attached hydrogen (secondary N) is 1. The second-order valence-corrected chi connectivity index (χ2v) is 5.54. The van der Waals surface area contributed by atoms with Crippen molar-refractivity contribution in [1.29, 1.82) is 0 Å². The van der Waals surface area contributed by atoms with Crippen molar-refractivity contribution in [3.05, 3.63) is 52.6 Å². The highest BCUT2D eigenvalue weighted by Gasteiger charge is 2.20. The number of rotatable bonds is 6. The van der Waals surface area contributed by atoms with Crippen LogP contribution in [0.4, 0.5) is 5.69 Å². The average Bonchev–Trinajstić information content (AvgIpc) is 2.28. The standard InChI is InChI=1S/C11H14N2O4S/c1-3-9(2)12-18(16,17)8-10-6-4-5-7-11(10)13(14)15/h3-7,9,12H,1,8H2,2H3/t9-/m0/s1. The highest BCUT2D eigenvalue weighted by atomic mass is 32.2. The Morgan fingerprint density at radius 2 is 2.11 bits per heavy atom. The lowest BCUT2D eigenvalue weighted by Gasteiger charge is -2.10. The summed E-state index contributed by atoms with van der Waals surface area (Å²) in [5, 5.41) is 10.8. The summed E-state index contributed by atoms with van der Waals surface area (Å²) in [6.07, 6.45) is 1.44. The Kier molecular flexibility index (Phi) is 4.57. The van der Waals surface area contributed by atoms with Gasteiger partial charge in [0.1, 0.15) is 0 Å². The molecule has 1 N–H and O–H groups in total. The third-order valence-electron chi connectivity index (χ3n) is 2.25. The molecule has 0 aliphatic carbocycles. The van der Waals surface area contributed by atoms with Gasteiger partial charge < -0.3 is 0 Å². The van der Waals surface area contributed by atoms with Gasteiger partial charge in [0.05, 0.1) is 10.7 Å². The molecule has 0 aromatic heterocycles.